The molecule has 0 saturated carbocycles. The van der Waals surface area contributed by atoms with Crippen LogP contribution in [-0.2, 0) is 6.42 Å². The molecule has 1 amide bonds. The molecular weight excluding hydrogens is 360 g/mol. The molecule has 4 rings (SSSR count). The van der Waals surface area contributed by atoms with Crippen molar-refractivity contribution in [2.24, 2.45) is 5.73 Å². The summed E-state index contributed by atoms with van der Waals surface area (Å²) in [4.78, 5) is 26.5. The number of carbonyl (C=O) groups is 1. The van der Waals surface area contributed by atoms with Crippen molar-refractivity contribution in [2.75, 3.05) is 24.5 Å². The molecule has 3 N–H and O–H groups in total. The van der Waals surface area contributed by atoms with E-state index in [2.05, 4.69) is 14.9 Å². The number of pyridine rings is 1. The molecule has 2 aromatic rings. The van der Waals surface area contributed by atoms with Crippen LogP contribution in [0.4, 0.5) is 5.82 Å². The smallest absolute Gasteiger partial charge is 0.270 e. The van der Waals surface area contributed by atoms with Gasteiger partial charge in [-0.3, -0.25) is 4.79 Å². The Morgan fingerprint density at radius 1 is 1.22 bits per heavy atom. The summed E-state index contributed by atoms with van der Waals surface area (Å²) >= 11 is 1.38. The Kier molecular flexibility index (Phi) is 4.89. The molecule has 2 aromatic heterocycles. The second kappa shape index (κ2) is 7.48. The summed E-state index contributed by atoms with van der Waals surface area (Å²) in [6.45, 7) is 2.61. The van der Waals surface area contributed by atoms with Crippen LogP contribution < -0.4 is 10.6 Å². The number of rotatable bonds is 4. The number of amides is 1. The van der Waals surface area contributed by atoms with Gasteiger partial charge in [0.2, 0.25) is 0 Å². The number of carbonyl (C=O) groups excluding carboxylic acids is 1. The van der Waals surface area contributed by atoms with E-state index in [9.17, 15) is 4.79 Å². The van der Waals surface area contributed by atoms with Gasteiger partial charge in [-0.2, -0.15) is 0 Å². The predicted octanol–water partition coefficient (Wildman–Crippen LogP) is 2.64. The number of aromatic nitrogens is 2. The zero-order chi connectivity index (χ0) is 18.8. The molecule has 8 heteroatoms. The Labute approximate surface area is 162 Å². The maximum absolute atomic E-state index is 12.8. The highest BCUT2D eigenvalue weighted by Crippen LogP contribution is 2.33. The van der Waals surface area contributed by atoms with E-state index in [-0.39, 0.29) is 5.91 Å². The molecule has 0 aliphatic carbocycles. The Bertz CT molecular complexity index is 882. The molecule has 27 heavy (non-hydrogen) atoms. The maximum Gasteiger partial charge on any atom is 0.270 e. The van der Waals surface area contributed by atoms with Crippen LogP contribution >= 0.6 is 11.3 Å². The number of nitrogens with two attached hydrogens (primary N) is 1. The summed E-state index contributed by atoms with van der Waals surface area (Å²) in [5.74, 6) is 0.865. The van der Waals surface area contributed by atoms with Gasteiger partial charge in [-0.15, -0.1) is 11.3 Å². The molecule has 4 heterocycles. The topological polar surface area (TPSA) is 99.2 Å². The predicted molar refractivity (Wildman–Crippen MR) is 107 cm³/mol. The fourth-order valence-electron chi connectivity index (χ4n) is 3.54. The van der Waals surface area contributed by atoms with Crippen molar-refractivity contribution < 1.29 is 4.79 Å². The van der Waals surface area contributed by atoms with E-state index in [1.165, 1.54) is 41.7 Å². The second-order valence-electron chi connectivity index (χ2n) is 6.69. The number of hydrogen-bond donors (Lipinski definition) is 2. The summed E-state index contributed by atoms with van der Waals surface area (Å²) in [6.07, 6.45) is 8.63. The molecule has 0 atom stereocenters. The molecule has 0 bridgehead atoms. The molecule has 140 valence electrons. The first-order valence-electron chi connectivity index (χ1n) is 9.16. The molecule has 2 aliphatic rings. The van der Waals surface area contributed by atoms with Crippen molar-refractivity contribution in [2.45, 2.75) is 25.7 Å². The molecule has 7 nitrogen and oxygen atoms in total. The molecule has 1 fully saturated rings. The summed E-state index contributed by atoms with van der Waals surface area (Å²) in [5, 5.41) is 8.23. The minimum atomic E-state index is -0.141. The minimum Gasteiger partial charge on any atom is -0.403 e. The number of hydrogen-bond acceptors (Lipinski definition) is 7. The van der Waals surface area contributed by atoms with Gasteiger partial charge in [-0.25, -0.2) is 9.97 Å². The third kappa shape index (κ3) is 3.32. The maximum atomic E-state index is 12.8. The number of piperidine rings is 1. The fourth-order valence-corrected chi connectivity index (χ4v) is 4.59. The lowest BCUT2D eigenvalue weighted by Crippen LogP contribution is -2.37. The SMILES string of the molecule is N=C/C(=C\N)N1CCc2nc(-c3ccc(N4CCCCC4)nc3)sc2C1=O. The highest BCUT2D eigenvalue weighted by molar-refractivity contribution is 7.17. The van der Waals surface area contributed by atoms with Crippen LogP contribution in [0, 0.1) is 5.41 Å². The van der Waals surface area contributed by atoms with Crippen molar-refractivity contribution in [3.05, 3.63) is 40.8 Å². The van der Waals surface area contributed by atoms with Gasteiger partial charge < -0.3 is 20.9 Å². The lowest BCUT2D eigenvalue weighted by atomic mass is 10.1. The number of nitrogens with one attached hydrogen (secondary N) is 1. The Morgan fingerprint density at radius 2 is 2.04 bits per heavy atom. The number of nitrogens with zero attached hydrogens (tertiary/aromatic N) is 4. The van der Waals surface area contributed by atoms with E-state index >= 15 is 0 Å². The van der Waals surface area contributed by atoms with E-state index < -0.39 is 0 Å². The zero-order valence-electron chi connectivity index (χ0n) is 15.0. The molecule has 2 aliphatic heterocycles. The highest BCUT2D eigenvalue weighted by atomic mass is 32.1. The first-order valence-corrected chi connectivity index (χ1v) is 9.98. The quantitative estimate of drug-likeness (QED) is 0.792. The van der Waals surface area contributed by atoms with E-state index in [0.29, 0.717) is 23.5 Å². The van der Waals surface area contributed by atoms with Gasteiger partial charge in [0.15, 0.2) is 0 Å². The van der Waals surface area contributed by atoms with Gasteiger partial charge in [0.25, 0.3) is 5.91 Å². The van der Waals surface area contributed by atoms with Gasteiger partial charge in [0, 0.05) is 50.2 Å². The highest BCUT2D eigenvalue weighted by Gasteiger charge is 2.30. The van der Waals surface area contributed by atoms with Gasteiger partial charge in [-0.1, -0.05) is 0 Å². The van der Waals surface area contributed by atoms with Crippen molar-refractivity contribution in [1.29, 1.82) is 5.41 Å². The minimum absolute atomic E-state index is 0.141. The van der Waals surface area contributed by atoms with Gasteiger partial charge in [0.05, 0.1) is 11.4 Å². The average molecular weight is 382 g/mol. The summed E-state index contributed by atoms with van der Waals surface area (Å²) < 4.78 is 0. The Balaban J connectivity index is 1.57. The zero-order valence-corrected chi connectivity index (χ0v) is 15.8. The van der Waals surface area contributed by atoms with Crippen LogP contribution in [-0.4, -0.2) is 46.6 Å². The van der Waals surface area contributed by atoms with Crippen molar-refractivity contribution >= 4 is 29.3 Å². The monoisotopic (exact) mass is 382 g/mol. The van der Waals surface area contributed by atoms with Gasteiger partial charge in [-0.05, 0) is 31.4 Å². The van der Waals surface area contributed by atoms with Crippen LogP contribution in [0.25, 0.3) is 10.6 Å². The average Bonchev–Trinajstić information content (AvgIpc) is 3.16. The van der Waals surface area contributed by atoms with Crippen molar-refractivity contribution in [3.8, 4) is 10.6 Å². The second-order valence-corrected chi connectivity index (χ2v) is 7.69. The third-order valence-corrected chi connectivity index (χ3v) is 6.15. The Hall–Kier alpha value is -2.74. The molecule has 0 radical (unpaired) electrons. The largest absolute Gasteiger partial charge is 0.403 e. The van der Waals surface area contributed by atoms with Crippen LogP contribution in [0.5, 0.6) is 0 Å². The molecule has 0 aromatic carbocycles. The third-order valence-electron chi connectivity index (χ3n) is 5.01. The van der Waals surface area contributed by atoms with Crippen molar-refractivity contribution in [3.63, 3.8) is 0 Å². The molecular formula is C19H22N6OS. The summed E-state index contributed by atoms with van der Waals surface area (Å²) in [6, 6.07) is 4.08. The normalized spacial score (nSPS) is 17.8. The van der Waals surface area contributed by atoms with E-state index in [0.717, 1.165) is 41.4 Å². The van der Waals surface area contributed by atoms with Crippen LogP contribution in [0.2, 0.25) is 0 Å². The van der Waals surface area contributed by atoms with Crippen molar-refractivity contribution in [1.82, 2.24) is 14.9 Å². The number of thiazole rings is 1. The van der Waals surface area contributed by atoms with E-state index in [4.69, 9.17) is 11.1 Å². The van der Waals surface area contributed by atoms with Crippen LogP contribution in [0.1, 0.15) is 34.6 Å². The molecule has 1 saturated heterocycles. The van der Waals surface area contributed by atoms with E-state index in [1.54, 1.807) is 0 Å². The van der Waals surface area contributed by atoms with Gasteiger partial charge in [0.1, 0.15) is 15.7 Å². The Morgan fingerprint density at radius 3 is 2.70 bits per heavy atom. The number of allylic oxidation sites excluding steroid dienone is 1. The first-order chi connectivity index (χ1) is 13.2. The lowest BCUT2D eigenvalue weighted by Gasteiger charge is -2.27. The standard InChI is InChI=1S/C19H22N6OS/c20-10-14(11-21)25-9-6-15-17(19(25)26)27-18(23-15)13-4-5-16(22-12-13)24-7-2-1-3-8-24/h4-5,10-12,20H,1-3,6-9,21H2/b14-11+,20-10?. The number of fused-ring (bicyclic) bond motifs is 1. The molecule has 0 spiro atoms. The van der Waals surface area contributed by atoms with Gasteiger partial charge >= 0.3 is 0 Å². The fraction of sp³-hybridized carbons (Fsp3) is 0.368. The lowest BCUT2D eigenvalue weighted by molar-refractivity contribution is 0.0805. The van der Waals surface area contributed by atoms with Crippen LogP contribution in [0.3, 0.4) is 0 Å². The van der Waals surface area contributed by atoms with Crippen LogP contribution in [0.15, 0.2) is 30.2 Å². The summed E-state index contributed by atoms with van der Waals surface area (Å²) in [5.41, 5.74) is 7.69. The summed E-state index contributed by atoms with van der Waals surface area (Å²) in [7, 11) is 0. The van der Waals surface area contributed by atoms with E-state index in [1.807, 2.05) is 18.3 Å². The molecule has 0 unspecified atom stereocenters. The number of anilines is 1. The first kappa shape index (κ1) is 17.7.